The van der Waals surface area contributed by atoms with Crippen LogP contribution in [0.5, 0.6) is 5.75 Å². The number of hydrogen-bond donors (Lipinski definition) is 2. The molecule has 0 spiro atoms. The summed E-state index contributed by atoms with van der Waals surface area (Å²) in [5, 5.41) is 13.5. The van der Waals surface area contributed by atoms with Gasteiger partial charge in [-0.1, -0.05) is 18.2 Å². The number of carbonyl (C=O) groups is 2. The van der Waals surface area contributed by atoms with Crippen LogP contribution < -0.4 is 15.8 Å². The van der Waals surface area contributed by atoms with Crippen LogP contribution >= 0.6 is 0 Å². The van der Waals surface area contributed by atoms with Crippen molar-refractivity contribution in [2.45, 2.75) is 26.4 Å². The van der Waals surface area contributed by atoms with Crippen molar-refractivity contribution in [1.82, 2.24) is 9.88 Å². The molecule has 0 aliphatic carbocycles. The first kappa shape index (κ1) is 23.8. The first-order valence-electron chi connectivity index (χ1n) is 10.5. The molecule has 2 aromatic carbocycles. The zero-order chi connectivity index (χ0) is 24.5. The number of nitrogens with one attached hydrogen (secondary N) is 1. The van der Waals surface area contributed by atoms with Crippen LogP contribution in [-0.2, 0) is 16.6 Å². The van der Waals surface area contributed by atoms with Crippen LogP contribution in [0.1, 0.15) is 31.1 Å². The molecular formula is C25H29N3O5. The van der Waals surface area contributed by atoms with Gasteiger partial charge in [0.05, 0.1) is 5.52 Å². The number of pyridine rings is 1. The van der Waals surface area contributed by atoms with Gasteiger partial charge in [-0.05, 0) is 56.2 Å². The monoisotopic (exact) mass is 451 g/mol. The van der Waals surface area contributed by atoms with Crippen LogP contribution in [0.4, 0.5) is 5.69 Å². The predicted octanol–water partition coefficient (Wildman–Crippen LogP) is 3.05. The minimum absolute atomic E-state index is 0.355. The Morgan fingerprint density at radius 1 is 1.06 bits per heavy atom. The highest BCUT2D eigenvalue weighted by atomic mass is 16.6. The van der Waals surface area contributed by atoms with Crippen LogP contribution in [0.3, 0.4) is 0 Å². The lowest BCUT2D eigenvalue weighted by Gasteiger charge is -2.19. The molecule has 0 saturated carbocycles. The standard InChI is InChI=1S/C25H29N3O5/c1-25(2,3)33-20(29)14-26-23(31)21-22(30)18-12-9-16(13-19(18)28(6)24(21)32)15-7-10-17(11-8-15)27(4)5/h7-13,30H,14H2,1-6H3,(H,26,31). The smallest absolute Gasteiger partial charge is 0.325 e. The number of benzene rings is 2. The molecule has 0 bridgehead atoms. The number of amides is 1. The second-order valence-electron chi connectivity index (χ2n) is 9.03. The summed E-state index contributed by atoms with van der Waals surface area (Å²) in [4.78, 5) is 39.4. The van der Waals surface area contributed by atoms with Crippen molar-refractivity contribution in [3.63, 3.8) is 0 Å². The maximum absolute atomic E-state index is 12.9. The quantitative estimate of drug-likeness (QED) is 0.579. The largest absolute Gasteiger partial charge is 0.506 e. The summed E-state index contributed by atoms with van der Waals surface area (Å²) in [6, 6.07) is 13.2. The van der Waals surface area contributed by atoms with Gasteiger partial charge >= 0.3 is 5.97 Å². The summed E-state index contributed by atoms with van der Waals surface area (Å²) in [7, 11) is 5.46. The van der Waals surface area contributed by atoms with Gasteiger partial charge in [0.25, 0.3) is 11.5 Å². The van der Waals surface area contributed by atoms with E-state index in [1.807, 2.05) is 49.3 Å². The van der Waals surface area contributed by atoms with E-state index in [0.717, 1.165) is 16.8 Å². The van der Waals surface area contributed by atoms with E-state index in [9.17, 15) is 19.5 Å². The van der Waals surface area contributed by atoms with E-state index in [1.54, 1.807) is 32.9 Å². The van der Waals surface area contributed by atoms with Crippen molar-refractivity contribution in [2.75, 3.05) is 25.5 Å². The Labute approximate surface area is 192 Å². The normalized spacial score (nSPS) is 11.3. The van der Waals surface area contributed by atoms with Gasteiger partial charge in [0.15, 0.2) is 0 Å². The SMILES string of the molecule is CN(C)c1ccc(-c2ccc3c(O)c(C(=O)NCC(=O)OC(C)(C)C)c(=O)n(C)c3c2)cc1. The molecule has 1 aromatic heterocycles. The first-order chi connectivity index (χ1) is 15.4. The number of aryl methyl sites for hydroxylation is 1. The molecule has 0 aliphatic rings. The summed E-state index contributed by atoms with van der Waals surface area (Å²) < 4.78 is 6.47. The van der Waals surface area contributed by atoms with E-state index in [-0.39, 0.29) is 0 Å². The van der Waals surface area contributed by atoms with Crippen molar-refractivity contribution in [2.24, 2.45) is 7.05 Å². The molecular weight excluding hydrogens is 422 g/mol. The lowest BCUT2D eigenvalue weighted by Crippen LogP contribution is -2.37. The molecule has 3 aromatic rings. The number of hydrogen-bond acceptors (Lipinski definition) is 6. The van der Waals surface area contributed by atoms with E-state index >= 15 is 0 Å². The average molecular weight is 452 g/mol. The number of aromatic nitrogens is 1. The number of anilines is 1. The molecule has 174 valence electrons. The van der Waals surface area contributed by atoms with E-state index in [0.29, 0.717) is 10.9 Å². The molecule has 8 heteroatoms. The number of ether oxygens (including phenoxy) is 1. The highest BCUT2D eigenvalue weighted by Gasteiger charge is 2.23. The Balaban J connectivity index is 1.95. The maximum Gasteiger partial charge on any atom is 0.325 e. The molecule has 1 amide bonds. The summed E-state index contributed by atoms with van der Waals surface area (Å²) in [5.41, 5.74) is 1.58. The van der Waals surface area contributed by atoms with Gasteiger partial charge in [0, 0.05) is 32.2 Å². The van der Waals surface area contributed by atoms with Gasteiger partial charge in [0.1, 0.15) is 23.5 Å². The molecule has 3 rings (SSSR count). The van der Waals surface area contributed by atoms with Gasteiger partial charge in [-0.3, -0.25) is 14.4 Å². The van der Waals surface area contributed by atoms with Crippen LogP contribution in [0.15, 0.2) is 47.3 Å². The molecule has 1 heterocycles. The first-order valence-corrected chi connectivity index (χ1v) is 10.5. The second kappa shape index (κ2) is 8.97. The molecule has 0 fully saturated rings. The summed E-state index contributed by atoms with van der Waals surface area (Å²) in [5.74, 6) is -1.91. The molecule has 0 saturated heterocycles. The molecule has 33 heavy (non-hydrogen) atoms. The Hall–Kier alpha value is -3.81. The lowest BCUT2D eigenvalue weighted by atomic mass is 10.0. The van der Waals surface area contributed by atoms with Crippen molar-refractivity contribution in [3.8, 4) is 16.9 Å². The summed E-state index contributed by atoms with van der Waals surface area (Å²) >= 11 is 0. The molecule has 0 radical (unpaired) electrons. The molecule has 0 aliphatic heterocycles. The van der Waals surface area contributed by atoms with Crippen molar-refractivity contribution in [3.05, 3.63) is 58.4 Å². The van der Waals surface area contributed by atoms with E-state index < -0.39 is 40.9 Å². The number of carbonyl (C=O) groups excluding carboxylic acids is 2. The summed E-state index contributed by atoms with van der Waals surface area (Å²) in [6.07, 6.45) is 0. The topological polar surface area (TPSA) is 101 Å². The van der Waals surface area contributed by atoms with Gasteiger partial charge in [-0.15, -0.1) is 0 Å². The van der Waals surface area contributed by atoms with Crippen LogP contribution in [-0.4, -0.2) is 47.8 Å². The number of rotatable bonds is 5. The van der Waals surface area contributed by atoms with Crippen molar-refractivity contribution < 1.29 is 19.4 Å². The van der Waals surface area contributed by atoms with Crippen molar-refractivity contribution in [1.29, 1.82) is 0 Å². The minimum Gasteiger partial charge on any atom is -0.506 e. The molecule has 8 nitrogen and oxygen atoms in total. The fourth-order valence-electron chi connectivity index (χ4n) is 3.48. The fourth-order valence-corrected chi connectivity index (χ4v) is 3.48. The number of esters is 1. The third-order valence-corrected chi connectivity index (χ3v) is 5.13. The Kier molecular flexibility index (Phi) is 6.48. The zero-order valence-electron chi connectivity index (χ0n) is 19.7. The fraction of sp³-hybridized carbons (Fsp3) is 0.320. The number of nitrogens with zero attached hydrogens (tertiary/aromatic N) is 2. The van der Waals surface area contributed by atoms with Crippen LogP contribution in [0, 0.1) is 0 Å². The molecule has 2 N–H and O–H groups in total. The number of aromatic hydroxyl groups is 1. The Morgan fingerprint density at radius 2 is 1.67 bits per heavy atom. The van der Waals surface area contributed by atoms with Gasteiger partial charge in [0.2, 0.25) is 0 Å². The maximum atomic E-state index is 12.9. The highest BCUT2D eigenvalue weighted by molar-refractivity contribution is 6.03. The van der Waals surface area contributed by atoms with E-state index in [1.165, 1.54) is 11.6 Å². The number of fused-ring (bicyclic) bond motifs is 1. The van der Waals surface area contributed by atoms with Gasteiger partial charge in [-0.25, -0.2) is 0 Å². The Bertz CT molecular complexity index is 1270. The van der Waals surface area contributed by atoms with Crippen LogP contribution in [0.25, 0.3) is 22.0 Å². The zero-order valence-corrected chi connectivity index (χ0v) is 19.7. The van der Waals surface area contributed by atoms with E-state index in [4.69, 9.17) is 4.74 Å². The average Bonchev–Trinajstić information content (AvgIpc) is 2.75. The third-order valence-electron chi connectivity index (χ3n) is 5.13. The second-order valence-corrected chi connectivity index (χ2v) is 9.03. The lowest BCUT2D eigenvalue weighted by molar-refractivity contribution is -0.153. The highest BCUT2D eigenvalue weighted by Crippen LogP contribution is 2.31. The van der Waals surface area contributed by atoms with Crippen LogP contribution in [0.2, 0.25) is 0 Å². The van der Waals surface area contributed by atoms with E-state index in [2.05, 4.69) is 5.32 Å². The van der Waals surface area contributed by atoms with Gasteiger partial charge in [-0.2, -0.15) is 0 Å². The molecule has 0 atom stereocenters. The van der Waals surface area contributed by atoms with Gasteiger partial charge < -0.3 is 24.6 Å². The minimum atomic E-state index is -0.843. The van der Waals surface area contributed by atoms with Crippen molar-refractivity contribution >= 4 is 28.5 Å². The molecule has 0 unspecified atom stereocenters. The summed E-state index contributed by atoms with van der Waals surface area (Å²) in [6.45, 7) is 4.71. The Morgan fingerprint density at radius 3 is 2.24 bits per heavy atom. The third kappa shape index (κ3) is 5.16. The predicted molar refractivity (Wildman–Crippen MR) is 129 cm³/mol.